The van der Waals surface area contributed by atoms with Gasteiger partial charge < -0.3 is 24.5 Å². The normalized spacial score (nSPS) is 13.8. The number of methoxy groups -OCH3 is 1. The van der Waals surface area contributed by atoms with E-state index in [4.69, 9.17) is 24.5 Å². The molecular formula is C12H12N2O4. The minimum Gasteiger partial charge on any atom is -0.496 e. The van der Waals surface area contributed by atoms with Crippen LogP contribution in [0.5, 0.6) is 11.5 Å². The monoisotopic (exact) mass is 248 g/mol. The molecule has 0 radical (unpaired) electrons. The van der Waals surface area contributed by atoms with Crippen LogP contribution in [0.4, 0.5) is 5.88 Å². The molecule has 1 aromatic carbocycles. The van der Waals surface area contributed by atoms with Crippen LogP contribution in [0.2, 0.25) is 0 Å². The van der Waals surface area contributed by atoms with Gasteiger partial charge in [0.05, 0.1) is 25.5 Å². The number of ether oxygens (including phenoxy) is 3. The number of rotatable bonds is 2. The Kier molecular flexibility index (Phi) is 2.56. The largest absolute Gasteiger partial charge is 0.496 e. The Balaban J connectivity index is 2.16. The van der Waals surface area contributed by atoms with Crippen molar-refractivity contribution in [2.24, 2.45) is 0 Å². The number of nitrogens with zero attached hydrogens (tertiary/aromatic N) is 1. The molecule has 0 fully saturated rings. The Bertz CT molecular complexity index is 579. The predicted molar refractivity (Wildman–Crippen MR) is 63.2 cm³/mol. The number of benzene rings is 1. The summed E-state index contributed by atoms with van der Waals surface area (Å²) in [6, 6.07) is 3.73. The highest BCUT2D eigenvalue weighted by Crippen LogP contribution is 2.39. The summed E-state index contributed by atoms with van der Waals surface area (Å²) in [4.78, 5) is 0. The fourth-order valence-corrected chi connectivity index (χ4v) is 1.94. The van der Waals surface area contributed by atoms with E-state index < -0.39 is 0 Å². The zero-order chi connectivity index (χ0) is 12.5. The van der Waals surface area contributed by atoms with Gasteiger partial charge in [0.25, 0.3) is 0 Å². The molecule has 0 spiro atoms. The second kappa shape index (κ2) is 4.23. The minimum absolute atomic E-state index is 0.248. The van der Waals surface area contributed by atoms with Gasteiger partial charge in [0, 0.05) is 11.1 Å². The molecule has 0 saturated carbocycles. The van der Waals surface area contributed by atoms with Crippen molar-refractivity contribution in [3.63, 3.8) is 0 Å². The zero-order valence-corrected chi connectivity index (χ0v) is 9.80. The molecule has 94 valence electrons. The highest BCUT2D eigenvalue weighted by atomic mass is 16.7. The molecule has 0 amide bonds. The van der Waals surface area contributed by atoms with Crippen molar-refractivity contribution in [1.29, 1.82) is 0 Å². The number of hydrogen-bond donors (Lipinski definition) is 1. The standard InChI is InChI=1S/C12H12N2O4/c1-15-11-2-7-5-16-6-17-10(7)3-8(11)9-4-14-18-12(9)13/h2-4H,5-6,13H2,1H3. The molecule has 2 N–H and O–H groups in total. The summed E-state index contributed by atoms with van der Waals surface area (Å²) in [7, 11) is 1.60. The minimum atomic E-state index is 0.248. The summed E-state index contributed by atoms with van der Waals surface area (Å²) < 4.78 is 20.9. The average Bonchev–Trinajstić information content (AvgIpc) is 2.83. The van der Waals surface area contributed by atoms with Crippen LogP contribution in [-0.4, -0.2) is 19.1 Å². The second-order valence-electron chi connectivity index (χ2n) is 3.87. The van der Waals surface area contributed by atoms with Crippen molar-refractivity contribution in [2.75, 3.05) is 19.6 Å². The van der Waals surface area contributed by atoms with E-state index >= 15 is 0 Å². The molecule has 3 rings (SSSR count). The molecule has 18 heavy (non-hydrogen) atoms. The lowest BCUT2D eigenvalue weighted by Gasteiger charge is -2.20. The summed E-state index contributed by atoms with van der Waals surface area (Å²) in [6.45, 7) is 0.753. The number of fused-ring (bicyclic) bond motifs is 1. The highest BCUT2D eigenvalue weighted by Gasteiger charge is 2.19. The predicted octanol–water partition coefficient (Wildman–Crippen LogP) is 1.80. The second-order valence-corrected chi connectivity index (χ2v) is 3.87. The SMILES string of the molecule is COc1cc2c(cc1-c1cnoc1N)OCOC2. The van der Waals surface area contributed by atoms with Crippen molar-refractivity contribution in [3.05, 3.63) is 23.9 Å². The quantitative estimate of drug-likeness (QED) is 0.872. The van der Waals surface area contributed by atoms with Gasteiger partial charge in [0.2, 0.25) is 5.88 Å². The highest BCUT2D eigenvalue weighted by molar-refractivity contribution is 5.78. The van der Waals surface area contributed by atoms with Gasteiger partial charge in [-0.2, -0.15) is 0 Å². The van der Waals surface area contributed by atoms with Gasteiger partial charge in [-0.3, -0.25) is 0 Å². The molecule has 2 aromatic rings. The smallest absolute Gasteiger partial charge is 0.230 e. The first kappa shape index (κ1) is 10.9. The first-order valence-corrected chi connectivity index (χ1v) is 5.41. The van der Waals surface area contributed by atoms with Gasteiger partial charge in [0.15, 0.2) is 6.79 Å². The van der Waals surface area contributed by atoms with Gasteiger partial charge in [0.1, 0.15) is 11.5 Å². The number of hydrogen-bond acceptors (Lipinski definition) is 6. The summed E-state index contributed by atoms with van der Waals surface area (Å²) in [5, 5.41) is 3.66. The van der Waals surface area contributed by atoms with Gasteiger partial charge in [-0.25, -0.2) is 0 Å². The third-order valence-corrected chi connectivity index (χ3v) is 2.83. The Morgan fingerprint density at radius 2 is 2.22 bits per heavy atom. The third-order valence-electron chi connectivity index (χ3n) is 2.83. The van der Waals surface area contributed by atoms with Crippen LogP contribution >= 0.6 is 0 Å². The zero-order valence-electron chi connectivity index (χ0n) is 9.80. The number of anilines is 1. The molecule has 0 aliphatic carbocycles. The molecule has 1 aliphatic rings. The summed E-state index contributed by atoms with van der Waals surface area (Å²) in [5.41, 5.74) is 8.14. The van der Waals surface area contributed by atoms with Crippen molar-refractivity contribution in [2.45, 2.75) is 6.61 Å². The van der Waals surface area contributed by atoms with Crippen molar-refractivity contribution >= 4 is 5.88 Å². The van der Waals surface area contributed by atoms with Crippen LogP contribution in [0, 0.1) is 0 Å². The Morgan fingerprint density at radius 3 is 2.94 bits per heavy atom. The van der Waals surface area contributed by atoms with E-state index in [1.54, 1.807) is 13.3 Å². The molecule has 0 atom stereocenters. The van der Waals surface area contributed by atoms with Crippen LogP contribution in [0.3, 0.4) is 0 Å². The average molecular weight is 248 g/mol. The molecule has 2 heterocycles. The first-order valence-electron chi connectivity index (χ1n) is 5.41. The fourth-order valence-electron chi connectivity index (χ4n) is 1.94. The molecule has 0 bridgehead atoms. The first-order chi connectivity index (χ1) is 8.79. The van der Waals surface area contributed by atoms with Gasteiger partial charge in [-0.05, 0) is 12.1 Å². The lowest BCUT2D eigenvalue weighted by molar-refractivity contribution is -0.0164. The van der Waals surface area contributed by atoms with Crippen LogP contribution in [0.25, 0.3) is 11.1 Å². The van der Waals surface area contributed by atoms with Crippen LogP contribution in [-0.2, 0) is 11.3 Å². The van der Waals surface area contributed by atoms with Gasteiger partial charge in [-0.15, -0.1) is 0 Å². The summed E-state index contributed by atoms with van der Waals surface area (Å²) in [6.07, 6.45) is 1.55. The number of nitrogen functional groups attached to an aromatic ring is 1. The van der Waals surface area contributed by atoms with E-state index in [0.717, 1.165) is 16.9 Å². The topological polar surface area (TPSA) is 79.7 Å². The molecule has 1 aliphatic heterocycles. The van der Waals surface area contributed by atoms with Crippen LogP contribution in [0.1, 0.15) is 5.56 Å². The van der Waals surface area contributed by atoms with Crippen molar-refractivity contribution in [3.8, 4) is 22.6 Å². The van der Waals surface area contributed by atoms with E-state index in [1.165, 1.54) is 0 Å². The maximum Gasteiger partial charge on any atom is 0.230 e. The fraction of sp³-hybridized carbons (Fsp3) is 0.250. The lowest BCUT2D eigenvalue weighted by Crippen LogP contribution is -2.11. The Morgan fingerprint density at radius 1 is 1.33 bits per heavy atom. The number of aromatic nitrogens is 1. The lowest BCUT2D eigenvalue weighted by atomic mass is 10.0. The van der Waals surface area contributed by atoms with Crippen molar-refractivity contribution in [1.82, 2.24) is 5.16 Å². The van der Waals surface area contributed by atoms with Crippen molar-refractivity contribution < 1.29 is 18.7 Å². The Hall–Kier alpha value is -2.21. The van der Waals surface area contributed by atoms with E-state index in [0.29, 0.717) is 17.9 Å². The molecule has 0 unspecified atom stereocenters. The maximum absolute atomic E-state index is 5.72. The molecular weight excluding hydrogens is 236 g/mol. The molecule has 1 aromatic heterocycles. The summed E-state index contributed by atoms with van der Waals surface area (Å²) >= 11 is 0. The van der Waals surface area contributed by atoms with Crippen LogP contribution in [0.15, 0.2) is 22.9 Å². The maximum atomic E-state index is 5.72. The van der Waals surface area contributed by atoms with E-state index in [9.17, 15) is 0 Å². The number of nitrogens with two attached hydrogens (primary N) is 1. The Labute approximate surface area is 103 Å². The molecule has 0 saturated heterocycles. The van der Waals surface area contributed by atoms with Gasteiger partial charge in [-0.1, -0.05) is 5.16 Å². The van der Waals surface area contributed by atoms with Crippen LogP contribution < -0.4 is 15.2 Å². The third kappa shape index (κ3) is 1.67. The van der Waals surface area contributed by atoms with Gasteiger partial charge >= 0.3 is 0 Å². The molecule has 6 heteroatoms. The molecule has 6 nitrogen and oxygen atoms in total. The van der Waals surface area contributed by atoms with E-state index in [1.807, 2.05) is 12.1 Å². The summed E-state index contributed by atoms with van der Waals surface area (Å²) in [5.74, 6) is 1.69. The van der Waals surface area contributed by atoms with E-state index in [-0.39, 0.29) is 12.7 Å². The van der Waals surface area contributed by atoms with E-state index in [2.05, 4.69) is 5.16 Å².